The average molecular weight is 356 g/mol. The van der Waals surface area contributed by atoms with Crippen molar-refractivity contribution in [1.82, 2.24) is 0 Å². The normalized spacial score (nSPS) is 25.9. The Kier molecular flexibility index (Phi) is 2.75. The molecule has 2 aliphatic rings. The highest BCUT2D eigenvalue weighted by Gasteiger charge is 2.67. The van der Waals surface area contributed by atoms with E-state index in [1.165, 1.54) is 0 Å². The number of benzene rings is 1. The largest absolute Gasteiger partial charge is 0.391 e. The van der Waals surface area contributed by atoms with Crippen molar-refractivity contribution in [2.24, 2.45) is 0 Å². The van der Waals surface area contributed by atoms with E-state index in [0.717, 1.165) is 0 Å². The molecule has 0 aliphatic carbocycles. The first kappa shape index (κ1) is 15.7. The second-order valence-electron chi connectivity index (χ2n) is 4.43. The quantitative estimate of drug-likeness (QED) is 0.550. The highest BCUT2D eigenvalue weighted by molar-refractivity contribution is 7.80. The Bertz CT molecular complexity index is 588. The van der Waals surface area contributed by atoms with Crippen molar-refractivity contribution < 1.29 is 49.0 Å². The minimum Gasteiger partial charge on any atom is -0.247 e. The predicted molar refractivity (Wildman–Crippen MR) is 51.4 cm³/mol. The molecule has 0 saturated carbocycles. The van der Waals surface area contributed by atoms with Gasteiger partial charge < -0.3 is 0 Å². The molecule has 3 rings (SSSR count). The zero-order chi connectivity index (χ0) is 16.9. The Labute approximate surface area is 120 Å². The fourth-order valence-electron chi connectivity index (χ4n) is 2.35. The summed E-state index contributed by atoms with van der Waals surface area (Å²) >= 11 is 3.17. The average Bonchev–Trinajstić information content (AvgIpc) is 2.57. The Morgan fingerprint density at radius 1 is 0.591 bits per heavy atom. The van der Waals surface area contributed by atoms with Crippen molar-refractivity contribution in [3.63, 3.8) is 0 Å². The van der Waals surface area contributed by atoms with Crippen molar-refractivity contribution in [1.29, 1.82) is 0 Å². The molecular formula is C10HF9O2S. The first-order valence-corrected chi connectivity index (χ1v) is 5.69. The third-order valence-electron chi connectivity index (χ3n) is 3.09. The second kappa shape index (κ2) is 3.85. The SMILES string of the molecule is Fc1c2c(c(S)c3c1C(F)(F)OC3(F)F)C(F)(F)OC2(F)F. The summed E-state index contributed by atoms with van der Waals surface area (Å²) in [6.45, 7) is 0. The molecule has 0 aromatic heterocycles. The van der Waals surface area contributed by atoms with Crippen LogP contribution in [-0.2, 0) is 33.9 Å². The van der Waals surface area contributed by atoms with Crippen LogP contribution in [-0.4, -0.2) is 0 Å². The van der Waals surface area contributed by atoms with Gasteiger partial charge in [0.1, 0.15) is 16.9 Å². The molecule has 0 radical (unpaired) electrons. The van der Waals surface area contributed by atoms with E-state index in [1.54, 1.807) is 0 Å². The van der Waals surface area contributed by atoms with E-state index in [1.807, 2.05) is 0 Å². The van der Waals surface area contributed by atoms with Crippen LogP contribution >= 0.6 is 12.6 Å². The Hall–Kier alpha value is -1.14. The van der Waals surface area contributed by atoms with Crippen LogP contribution in [0.2, 0.25) is 0 Å². The number of fused-ring (bicyclic) bond motifs is 2. The molecule has 1 aromatic carbocycles. The van der Waals surface area contributed by atoms with Crippen molar-refractivity contribution in [2.75, 3.05) is 0 Å². The standard InChI is InChI=1S/C10HF9O2S/c11-5-1-3(9(16,17)20-7(1,12)13)6(22)4-2(5)8(14,15)21-10(4,18)19/h22H. The Balaban J connectivity index is 2.50. The van der Waals surface area contributed by atoms with Gasteiger partial charge in [-0.25, -0.2) is 13.9 Å². The van der Waals surface area contributed by atoms with E-state index in [4.69, 9.17) is 0 Å². The lowest BCUT2D eigenvalue weighted by atomic mass is 9.97. The lowest BCUT2D eigenvalue weighted by molar-refractivity contribution is -0.373. The van der Waals surface area contributed by atoms with Gasteiger partial charge in [0.15, 0.2) is 0 Å². The lowest BCUT2D eigenvalue weighted by Gasteiger charge is -2.15. The third-order valence-corrected chi connectivity index (χ3v) is 3.54. The van der Waals surface area contributed by atoms with E-state index < -0.39 is 57.4 Å². The molecule has 0 N–H and O–H groups in total. The molecule has 2 heterocycles. The van der Waals surface area contributed by atoms with Gasteiger partial charge in [-0.15, -0.1) is 12.6 Å². The summed E-state index contributed by atoms with van der Waals surface area (Å²) in [5.74, 6) is -2.66. The Morgan fingerprint density at radius 3 is 1.18 bits per heavy atom. The molecule has 2 aliphatic heterocycles. The van der Waals surface area contributed by atoms with E-state index in [-0.39, 0.29) is 0 Å². The Morgan fingerprint density at radius 2 is 0.864 bits per heavy atom. The summed E-state index contributed by atoms with van der Waals surface area (Å²) in [5.41, 5.74) is -8.64. The molecule has 1 aromatic rings. The summed E-state index contributed by atoms with van der Waals surface area (Å²) in [5, 5.41) is 0. The smallest absolute Gasteiger partial charge is 0.247 e. The van der Waals surface area contributed by atoms with Gasteiger partial charge in [0.05, 0.1) is 11.1 Å². The fourth-order valence-corrected chi connectivity index (χ4v) is 2.83. The van der Waals surface area contributed by atoms with E-state index in [0.29, 0.717) is 0 Å². The number of thiol groups is 1. The van der Waals surface area contributed by atoms with Gasteiger partial charge in [0, 0.05) is 4.90 Å². The first-order valence-electron chi connectivity index (χ1n) is 5.24. The molecule has 0 bridgehead atoms. The molecule has 12 heteroatoms. The summed E-state index contributed by atoms with van der Waals surface area (Å²) in [6.07, 6.45) is -19.8. The molecule has 0 amide bonds. The van der Waals surface area contributed by atoms with E-state index in [9.17, 15) is 39.5 Å². The zero-order valence-electron chi connectivity index (χ0n) is 9.67. The minimum atomic E-state index is -5.01. The highest BCUT2D eigenvalue weighted by Crippen LogP contribution is 2.61. The van der Waals surface area contributed by atoms with Gasteiger partial charge in [-0.2, -0.15) is 35.1 Å². The van der Waals surface area contributed by atoms with Crippen molar-refractivity contribution in [2.45, 2.75) is 29.3 Å². The number of alkyl halides is 8. The monoisotopic (exact) mass is 356 g/mol. The molecule has 22 heavy (non-hydrogen) atoms. The topological polar surface area (TPSA) is 18.5 Å². The van der Waals surface area contributed by atoms with Gasteiger partial charge in [-0.05, 0) is 0 Å². The maximum absolute atomic E-state index is 13.9. The van der Waals surface area contributed by atoms with Crippen LogP contribution in [0.15, 0.2) is 4.90 Å². The van der Waals surface area contributed by atoms with Gasteiger partial charge >= 0.3 is 24.4 Å². The highest BCUT2D eigenvalue weighted by atomic mass is 32.1. The summed E-state index contributed by atoms with van der Waals surface area (Å²) in [7, 11) is 0. The first-order chi connectivity index (χ1) is 9.72. The number of hydrogen-bond acceptors (Lipinski definition) is 3. The third kappa shape index (κ3) is 1.74. The van der Waals surface area contributed by atoms with Crippen LogP contribution in [0.3, 0.4) is 0 Å². The van der Waals surface area contributed by atoms with Crippen LogP contribution in [0.5, 0.6) is 0 Å². The van der Waals surface area contributed by atoms with Gasteiger partial charge in [0.2, 0.25) is 0 Å². The van der Waals surface area contributed by atoms with Crippen LogP contribution in [0, 0.1) is 5.82 Å². The summed E-state index contributed by atoms with van der Waals surface area (Å²) < 4.78 is 127. The van der Waals surface area contributed by atoms with Crippen molar-refractivity contribution in [3.8, 4) is 0 Å². The number of halogens is 9. The lowest BCUT2D eigenvalue weighted by Crippen LogP contribution is -2.20. The van der Waals surface area contributed by atoms with Gasteiger partial charge in [0.25, 0.3) is 0 Å². The van der Waals surface area contributed by atoms with Crippen LogP contribution in [0.4, 0.5) is 39.5 Å². The van der Waals surface area contributed by atoms with Crippen LogP contribution in [0.25, 0.3) is 0 Å². The van der Waals surface area contributed by atoms with E-state index in [2.05, 4.69) is 22.1 Å². The molecule has 0 spiro atoms. The summed E-state index contributed by atoms with van der Waals surface area (Å²) in [6, 6.07) is 0. The molecule has 2 nitrogen and oxygen atoms in total. The van der Waals surface area contributed by atoms with Crippen LogP contribution in [0.1, 0.15) is 22.3 Å². The van der Waals surface area contributed by atoms with Gasteiger partial charge in [-0.1, -0.05) is 0 Å². The summed E-state index contributed by atoms with van der Waals surface area (Å²) in [4.78, 5) is -1.66. The predicted octanol–water partition coefficient (Wildman–Crippen LogP) is 4.37. The number of rotatable bonds is 0. The van der Waals surface area contributed by atoms with Gasteiger partial charge in [-0.3, -0.25) is 0 Å². The molecule has 122 valence electrons. The molecule has 0 unspecified atom stereocenters. The maximum atomic E-state index is 13.9. The molecular weight excluding hydrogens is 355 g/mol. The van der Waals surface area contributed by atoms with Crippen molar-refractivity contribution >= 4 is 12.6 Å². The maximum Gasteiger partial charge on any atom is 0.391 e. The number of ether oxygens (including phenoxy) is 2. The molecule has 0 fully saturated rings. The van der Waals surface area contributed by atoms with E-state index >= 15 is 0 Å². The van der Waals surface area contributed by atoms with Crippen LogP contribution < -0.4 is 0 Å². The second-order valence-corrected chi connectivity index (χ2v) is 4.88. The fraction of sp³-hybridized carbons (Fsp3) is 0.400. The zero-order valence-corrected chi connectivity index (χ0v) is 10.6. The molecule has 0 saturated heterocycles. The minimum absolute atomic E-state index is 1.66. The van der Waals surface area contributed by atoms with Crippen molar-refractivity contribution in [3.05, 3.63) is 28.1 Å². The molecule has 0 atom stereocenters. The number of hydrogen-bond donors (Lipinski definition) is 1.